The van der Waals surface area contributed by atoms with Gasteiger partial charge >= 0.3 is 11.9 Å². The van der Waals surface area contributed by atoms with Crippen molar-refractivity contribution in [3.63, 3.8) is 0 Å². The van der Waals surface area contributed by atoms with Crippen LogP contribution in [0.25, 0.3) is 0 Å². The number of hydrogen-bond acceptors (Lipinski definition) is 9. The summed E-state index contributed by atoms with van der Waals surface area (Å²) in [7, 11) is 0. The fraction of sp³-hybridized carbons (Fsp3) is 0.833. The number of carboxylic acid groups (broad SMARTS) is 2. The molecule has 0 aromatic heterocycles. The van der Waals surface area contributed by atoms with Gasteiger partial charge < -0.3 is 34.6 Å². The Balaban J connectivity index is 0. The summed E-state index contributed by atoms with van der Waals surface area (Å²) in [4.78, 5) is 18.6. The molecule has 0 spiro atoms. The molecule has 2 unspecified atom stereocenters. The molecule has 2 aliphatic heterocycles. The van der Waals surface area contributed by atoms with Crippen molar-refractivity contribution >= 4 is 37.2 Å². The van der Waals surface area contributed by atoms with Crippen LogP contribution in [0.3, 0.4) is 0 Å². The van der Waals surface area contributed by atoms with E-state index in [1.807, 2.05) is 0 Å². The van der Waals surface area contributed by atoms with Crippen LogP contribution in [0.15, 0.2) is 0 Å². The lowest BCUT2D eigenvalue weighted by molar-refractivity contribution is -0.134. The standard InChI is InChI=1S/C6H10O3.2C2H4O2S.C2H6O2/c1(5-3-8-5)7-2-6-4-9-6;2*3-2(4)1-5;3-1-2-4/h5-6H,1-4H2;2*5H,1H2,(H,3,4);3-4H,1-2H2. The Morgan fingerprint density at radius 1 is 0.913 bits per heavy atom. The molecule has 9 nitrogen and oxygen atoms in total. The largest absolute Gasteiger partial charge is 0.481 e. The SMILES string of the molecule is C(OCC1CO1)C1CO1.O=C(O)CS.O=C(O)CS.OCCO. The molecular weight excluding hydrogens is 352 g/mol. The Kier molecular flexibility index (Phi) is 19.1. The minimum Gasteiger partial charge on any atom is -0.481 e. The maximum Gasteiger partial charge on any atom is 0.313 e. The Morgan fingerprint density at radius 3 is 1.30 bits per heavy atom. The van der Waals surface area contributed by atoms with Crippen LogP contribution in [-0.2, 0) is 23.8 Å². The van der Waals surface area contributed by atoms with Crippen LogP contribution in [0.1, 0.15) is 0 Å². The molecule has 0 amide bonds. The molecule has 23 heavy (non-hydrogen) atoms. The second kappa shape index (κ2) is 17.8. The topological polar surface area (TPSA) is 149 Å². The van der Waals surface area contributed by atoms with Crippen LogP contribution >= 0.6 is 25.3 Å². The minimum absolute atomic E-state index is 0.0833. The number of aliphatic carboxylic acids is 2. The summed E-state index contributed by atoms with van der Waals surface area (Å²) in [5.41, 5.74) is 0. The van der Waals surface area contributed by atoms with Crippen LogP contribution in [0.2, 0.25) is 0 Å². The highest BCUT2D eigenvalue weighted by atomic mass is 32.1. The lowest BCUT2D eigenvalue weighted by Gasteiger charge is -1.95. The zero-order chi connectivity index (χ0) is 18.1. The minimum atomic E-state index is -0.881. The highest BCUT2D eigenvalue weighted by Gasteiger charge is 2.26. The Hall–Kier alpha value is -0.560. The number of carbonyl (C=O) groups is 2. The molecule has 0 aliphatic carbocycles. The summed E-state index contributed by atoms with van der Waals surface area (Å²) in [6.45, 7) is 3.01. The summed E-state index contributed by atoms with van der Waals surface area (Å²) in [6, 6.07) is 0. The summed E-state index contributed by atoms with van der Waals surface area (Å²) < 4.78 is 15.1. The molecule has 0 aromatic carbocycles. The Labute approximate surface area is 145 Å². The summed E-state index contributed by atoms with van der Waals surface area (Å²) in [5, 5.41) is 30.5. The van der Waals surface area contributed by atoms with Crippen LogP contribution in [0.4, 0.5) is 0 Å². The van der Waals surface area contributed by atoms with Crippen molar-refractivity contribution in [2.75, 3.05) is 51.1 Å². The smallest absolute Gasteiger partial charge is 0.313 e. The van der Waals surface area contributed by atoms with Crippen molar-refractivity contribution in [2.45, 2.75) is 12.2 Å². The van der Waals surface area contributed by atoms with Crippen molar-refractivity contribution in [1.82, 2.24) is 0 Å². The summed E-state index contributed by atoms with van der Waals surface area (Å²) in [5.74, 6) is -1.93. The fourth-order valence-electron chi connectivity index (χ4n) is 0.659. The number of hydrogen-bond donors (Lipinski definition) is 6. The van der Waals surface area contributed by atoms with Gasteiger partial charge in [-0.1, -0.05) is 0 Å². The van der Waals surface area contributed by atoms with Crippen molar-refractivity contribution in [3.8, 4) is 0 Å². The van der Waals surface area contributed by atoms with Crippen LogP contribution in [-0.4, -0.2) is 95.7 Å². The third-order valence-corrected chi connectivity index (χ3v) is 2.32. The third-order valence-electron chi connectivity index (χ3n) is 1.78. The maximum absolute atomic E-state index is 9.29. The first-order valence-electron chi connectivity index (χ1n) is 6.59. The molecule has 2 heterocycles. The lowest BCUT2D eigenvalue weighted by Crippen LogP contribution is -2.06. The Morgan fingerprint density at radius 2 is 1.17 bits per heavy atom. The van der Waals surface area contributed by atoms with Gasteiger partial charge in [0, 0.05) is 0 Å². The summed E-state index contributed by atoms with van der Waals surface area (Å²) in [6.07, 6.45) is 0.785. The van der Waals surface area contributed by atoms with E-state index >= 15 is 0 Å². The number of aliphatic hydroxyl groups excluding tert-OH is 2. The molecule has 0 bridgehead atoms. The molecule has 0 aromatic rings. The number of rotatable bonds is 7. The number of thiol groups is 2. The van der Waals surface area contributed by atoms with Gasteiger partial charge in [-0.25, -0.2) is 0 Å². The second-order valence-corrected chi connectivity index (χ2v) is 4.63. The van der Waals surface area contributed by atoms with Crippen LogP contribution in [0, 0.1) is 0 Å². The lowest BCUT2D eigenvalue weighted by atomic mass is 10.5. The Bertz CT molecular complexity index is 268. The van der Waals surface area contributed by atoms with Gasteiger partial charge in [0.05, 0.1) is 51.1 Å². The van der Waals surface area contributed by atoms with E-state index < -0.39 is 11.9 Å². The van der Waals surface area contributed by atoms with Gasteiger partial charge in [0.25, 0.3) is 0 Å². The zero-order valence-electron chi connectivity index (χ0n) is 12.5. The highest BCUT2D eigenvalue weighted by molar-refractivity contribution is 7.81. The molecular formula is C12H24O9S2. The van der Waals surface area contributed by atoms with E-state index in [4.69, 9.17) is 34.6 Å². The monoisotopic (exact) mass is 376 g/mol. The summed E-state index contributed by atoms with van der Waals surface area (Å²) >= 11 is 6.83. The fourth-order valence-corrected chi connectivity index (χ4v) is 0.659. The number of ether oxygens (including phenoxy) is 3. The van der Waals surface area contributed by atoms with E-state index in [0.29, 0.717) is 12.2 Å². The molecule has 0 radical (unpaired) electrons. The molecule has 2 atom stereocenters. The number of aliphatic hydroxyl groups is 2. The van der Waals surface area contributed by atoms with Crippen molar-refractivity contribution < 1.29 is 44.2 Å². The second-order valence-electron chi connectivity index (χ2n) is 4.00. The van der Waals surface area contributed by atoms with Crippen LogP contribution < -0.4 is 0 Å². The maximum atomic E-state index is 9.29. The molecule has 4 N–H and O–H groups in total. The first-order chi connectivity index (χ1) is 10.9. The molecule has 138 valence electrons. The van der Waals surface area contributed by atoms with Crippen molar-refractivity contribution in [3.05, 3.63) is 0 Å². The predicted octanol–water partition coefficient (Wildman–Crippen LogP) is -1.23. The van der Waals surface area contributed by atoms with E-state index in [0.717, 1.165) is 26.4 Å². The molecule has 0 saturated carbocycles. The van der Waals surface area contributed by atoms with E-state index in [2.05, 4.69) is 25.3 Å². The molecule has 2 aliphatic rings. The quantitative estimate of drug-likeness (QED) is 0.237. The van der Waals surface area contributed by atoms with Gasteiger partial charge in [-0.3, -0.25) is 9.59 Å². The van der Waals surface area contributed by atoms with Gasteiger partial charge in [-0.2, -0.15) is 25.3 Å². The van der Waals surface area contributed by atoms with E-state index in [9.17, 15) is 9.59 Å². The van der Waals surface area contributed by atoms with Crippen LogP contribution in [0.5, 0.6) is 0 Å². The van der Waals surface area contributed by atoms with E-state index in [1.165, 1.54) is 0 Å². The molecule has 2 fully saturated rings. The van der Waals surface area contributed by atoms with Gasteiger partial charge in [0.1, 0.15) is 12.2 Å². The first-order valence-corrected chi connectivity index (χ1v) is 7.85. The van der Waals surface area contributed by atoms with E-state index in [-0.39, 0.29) is 24.7 Å². The predicted molar refractivity (Wildman–Crippen MR) is 87.4 cm³/mol. The third kappa shape index (κ3) is 30.0. The van der Waals surface area contributed by atoms with Gasteiger partial charge in [0.2, 0.25) is 0 Å². The van der Waals surface area contributed by atoms with Gasteiger partial charge in [0.15, 0.2) is 0 Å². The van der Waals surface area contributed by atoms with Crippen molar-refractivity contribution in [1.29, 1.82) is 0 Å². The number of carboxylic acids is 2. The number of epoxide rings is 2. The average molecular weight is 376 g/mol. The van der Waals surface area contributed by atoms with Gasteiger partial charge in [-0.15, -0.1) is 0 Å². The van der Waals surface area contributed by atoms with Gasteiger partial charge in [-0.05, 0) is 0 Å². The normalized spacial score (nSPS) is 19.7. The molecule has 11 heteroatoms. The molecule has 2 saturated heterocycles. The zero-order valence-corrected chi connectivity index (χ0v) is 14.3. The first kappa shape index (κ1) is 24.7. The van der Waals surface area contributed by atoms with E-state index in [1.54, 1.807) is 0 Å². The van der Waals surface area contributed by atoms with Crippen molar-refractivity contribution in [2.24, 2.45) is 0 Å². The average Bonchev–Trinajstić information content (AvgIpc) is 3.43. The highest BCUT2D eigenvalue weighted by Crippen LogP contribution is 2.12. The molecule has 2 rings (SSSR count).